The van der Waals surface area contributed by atoms with Crippen LogP contribution in [0, 0.1) is 0 Å². The first-order valence-corrected chi connectivity index (χ1v) is 12.2. The zero-order valence-electron chi connectivity index (χ0n) is 20.7. The Morgan fingerprint density at radius 1 is 1.06 bits per heavy atom. The molecule has 3 rings (SSSR count). The average Bonchev–Trinajstić information content (AvgIpc) is 2.85. The molecule has 34 heavy (non-hydrogen) atoms. The second-order valence-corrected chi connectivity index (χ2v) is 8.99. The summed E-state index contributed by atoms with van der Waals surface area (Å²) in [6, 6.07) is 15.9. The van der Waals surface area contributed by atoms with Gasteiger partial charge in [0.2, 0.25) is 5.91 Å². The highest BCUT2D eigenvalue weighted by Gasteiger charge is 2.13. The zero-order chi connectivity index (χ0) is 24.3. The van der Waals surface area contributed by atoms with Gasteiger partial charge in [0, 0.05) is 56.4 Å². The highest BCUT2D eigenvalue weighted by Crippen LogP contribution is 2.13. The Kier molecular flexibility index (Phi) is 10.1. The Labute approximate surface area is 203 Å². The first kappa shape index (κ1) is 25.9. The number of hydrogen-bond acceptors (Lipinski definition) is 5. The Bertz CT molecular complexity index is 924. The number of ether oxygens (including phenoxy) is 1. The van der Waals surface area contributed by atoms with Crippen LogP contribution in [0.3, 0.4) is 0 Å². The lowest BCUT2D eigenvalue weighted by atomic mass is 10.1. The third-order valence-electron chi connectivity index (χ3n) is 6.16. The van der Waals surface area contributed by atoms with Gasteiger partial charge in [-0.1, -0.05) is 31.2 Å². The van der Waals surface area contributed by atoms with Crippen molar-refractivity contribution in [3.05, 3.63) is 65.2 Å². The van der Waals surface area contributed by atoms with E-state index in [0.29, 0.717) is 24.6 Å². The van der Waals surface area contributed by atoms with Gasteiger partial charge in [0.15, 0.2) is 0 Å². The molecule has 0 bridgehead atoms. The lowest BCUT2D eigenvalue weighted by Crippen LogP contribution is -2.38. The molecule has 0 aromatic heterocycles. The molecule has 7 nitrogen and oxygen atoms in total. The van der Waals surface area contributed by atoms with Crippen molar-refractivity contribution >= 4 is 17.5 Å². The quantitative estimate of drug-likeness (QED) is 0.530. The Balaban J connectivity index is 1.46. The van der Waals surface area contributed by atoms with Crippen molar-refractivity contribution < 1.29 is 14.3 Å². The van der Waals surface area contributed by atoms with E-state index >= 15 is 0 Å². The fourth-order valence-corrected chi connectivity index (χ4v) is 4.01. The maximum Gasteiger partial charge on any atom is 0.251 e. The summed E-state index contributed by atoms with van der Waals surface area (Å²) >= 11 is 0. The van der Waals surface area contributed by atoms with E-state index in [-0.39, 0.29) is 11.8 Å². The highest BCUT2D eigenvalue weighted by atomic mass is 16.5. The molecule has 0 spiro atoms. The van der Waals surface area contributed by atoms with E-state index in [1.54, 1.807) is 0 Å². The number of amides is 2. The standard InChI is InChI=1S/C27H38N4O3/c1-4-31(21(2)3)20-22-8-10-24(11-9-22)27(33)28-19-23-6-5-7-25(18-23)29-26(32)12-13-30-14-16-34-17-15-30/h5-11,18,21H,4,12-17,19-20H2,1-3H3,(H,28,33)(H,29,32). The molecule has 1 heterocycles. The van der Waals surface area contributed by atoms with Crippen LogP contribution in [0.15, 0.2) is 48.5 Å². The predicted octanol–water partition coefficient (Wildman–Crippen LogP) is 3.51. The third kappa shape index (κ3) is 8.24. The number of carbonyl (C=O) groups excluding carboxylic acids is 2. The number of carbonyl (C=O) groups is 2. The van der Waals surface area contributed by atoms with Crippen LogP contribution in [-0.2, 0) is 22.6 Å². The number of benzene rings is 2. The summed E-state index contributed by atoms with van der Waals surface area (Å²) in [6.07, 6.45) is 0.449. The fourth-order valence-electron chi connectivity index (χ4n) is 4.01. The van der Waals surface area contributed by atoms with Crippen molar-refractivity contribution in [1.29, 1.82) is 0 Å². The van der Waals surface area contributed by atoms with Gasteiger partial charge in [0.1, 0.15) is 0 Å². The van der Waals surface area contributed by atoms with Crippen LogP contribution < -0.4 is 10.6 Å². The van der Waals surface area contributed by atoms with Gasteiger partial charge in [-0.3, -0.25) is 19.4 Å². The monoisotopic (exact) mass is 466 g/mol. The van der Waals surface area contributed by atoms with Crippen LogP contribution >= 0.6 is 0 Å². The topological polar surface area (TPSA) is 73.9 Å². The second kappa shape index (κ2) is 13.2. The molecule has 7 heteroatoms. The number of anilines is 1. The Morgan fingerprint density at radius 3 is 2.47 bits per heavy atom. The van der Waals surface area contributed by atoms with Crippen molar-refractivity contribution in [2.75, 3.05) is 44.7 Å². The van der Waals surface area contributed by atoms with Crippen molar-refractivity contribution in [3.63, 3.8) is 0 Å². The SMILES string of the molecule is CCN(Cc1ccc(C(=O)NCc2cccc(NC(=O)CCN3CCOCC3)c2)cc1)C(C)C. The molecule has 0 radical (unpaired) electrons. The van der Waals surface area contributed by atoms with Crippen LogP contribution in [0.4, 0.5) is 5.69 Å². The first-order valence-electron chi connectivity index (χ1n) is 12.2. The van der Waals surface area contributed by atoms with Crippen LogP contribution in [0.5, 0.6) is 0 Å². The van der Waals surface area contributed by atoms with E-state index in [2.05, 4.69) is 41.2 Å². The lowest BCUT2D eigenvalue weighted by molar-refractivity contribution is -0.116. The minimum absolute atomic E-state index is 0.00753. The van der Waals surface area contributed by atoms with Crippen LogP contribution in [-0.4, -0.2) is 67.0 Å². The number of nitrogens with zero attached hydrogens (tertiary/aromatic N) is 2. The molecule has 0 unspecified atom stereocenters. The molecule has 1 aliphatic rings. The summed E-state index contributed by atoms with van der Waals surface area (Å²) in [7, 11) is 0. The molecule has 1 saturated heterocycles. The average molecular weight is 467 g/mol. The Morgan fingerprint density at radius 2 is 1.79 bits per heavy atom. The van der Waals surface area contributed by atoms with E-state index in [9.17, 15) is 9.59 Å². The van der Waals surface area contributed by atoms with Gasteiger partial charge in [-0.25, -0.2) is 0 Å². The molecular formula is C27H38N4O3. The molecule has 2 amide bonds. The molecule has 1 fully saturated rings. The predicted molar refractivity (Wildman–Crippen MR) is 136 cm³/mol. The summed E-state index contributed by atoms with van der Waals surface area (Å²) in [5.74, 6) is -0.116. The van der Waals surface area contributed by atoms with Crippen molar-refractivity contribution in [2.24, 2.45) is 0 Å². The fraction of sp³-hybridized carbons (Fsp3) is 0.481. The number of hydrogen-bond donors (Lipinski definition) is 2. The van der Waals surface area contributed by atoms with E-state index in [0.717, 1.165) is 57.2 Å². The summed E-state index contributed by atoms with van der Waals surface area (Å²) in [5.41, 5.74) is 3.52. The van der Waals surface area contributed by atoms with Gasteiger partial charge in [-0.05, 0) is 55.8 Å². The molecule has 2 aromatic carbocycles. The van der Waals surface area contributed by atoms with E-state index in [4.69, 9.17) is 4.74 Å². The van der Waals surface area contributed by atoms with E-state index < -0.39 is 0 Å². The van der Waals surface area contributed by atoms with E-state index in [1.807, 2.05) is 48.5 Å². The van der Waals surface area contributed by atoms with Gasteiger partial charge in [-0.15, -0.1) is 0 Å². The van der Waals surface area contributed by atoms with Gasteiger partial charge in [-0.2, -0.15) is 0 Å². The maximum atomic E-state index is 12.6. The van der Waals surface area contributed by atoms with E-state index in [1.165, 1.54) is 5.56 Å². The number of rotatable bonds is 11. The summed E-state index contributed by atoms with van der Waals surface area (Å²) in [5, 5.41) is 5.94. The second-order valence-electron chi connectivity index (χ2n) is 8.99. The summed E-state index contributed by atoms with van der Waals surface area (Å²) in [4.78, 5) is 29.6. The normalized spacial score (nSPS) is 14.4. The first-order chi connectivity index (χ1) is 16.4. The van der Waals surface area contributed by atoms with Gasteiger partial charge in [0.25, 0.3) is 5.91 Å². The van der Waals surface area contributed by atoms with Crippen LogP contribution in [0.1, 0.15) is 48.7 Å². The van der Waals surface area contributed by atoms with Crippen molar-refractivity contribution in [2.45, 2.75) is 46.3 Å². The molecule has 184 valence electrons. The zero-order valence-corrected chi connectivity index (χ0v) is 20.7. The van der Waals surface area contributed by atoms with Crippen molar-refractivity contribution in [1.82, 2.24) is 15.1 Å². The summed E-state index contributed by atoms with van der Waals surface area (Å²) in [6.45, 7) is 12.8. The Hall–Kier alpha value is -2.74. The minimum Gasteiger partial charge on any atom is -0.379 e. The minimum atomic E-state index is -0.109. The van der Waals surface area contributed by atoms with Crippen molar-refractivity contribution in [3.8, 4) is 0 Å². The summed E-state index contributed by atoms with van der Waals surface area (Å²) < 4.78 is 5.34. The molecular weight excluding hydrogens is 428 g/mol. The smallest absolute Gasteiger partial charge is 0.251 e. The molecule has 0 atom stereocenters. The number of nitrogens with one attached hydrogen (secondary N) is 2. The van der Waals surface area contributed by atoms with Crippen LogP contribution in [0.2, 0.25) is 0 Å². The largest absolute Gasteiger partial charge is 0.379 e. The van der Waals surface area contributed by atoms with Crippen LogP contribution in [0.25, 0.3) is 0 Å². The highest BCUT2D eigenvalue weighted by molar-refractivity contribution is 5.94. The molecule has 2 N–H and O–H groups in total. The molecule has 0 aliphatic carbocycles. The maximum absolute atomic E-state index is 12.6. The van der Waals surface area contributed by atoms with Gasteiger partial charge >= 0.3 is 0 Å². The molecule has 0 saturated carbocycles. The van der Waals surface area contributed by atoms with Gasteiger partial charge < -0.3 is 15.4 Å². The lowest BCUT2D eigenvalue weighted by Gasteiger charge is -2.26. The third-order valence-corrected chi connectivity index (χ3v) is 6.16. The molecule has 1 aliphatic heterocycles. The van der Waals surface area contributed by atoms with Gasteiger partial charge in [0.05, 0.1) is 13.2 Å². The number of morpholine rings is 1. The molecule has 2 aromatic rings.